The summed E-state index contributed by atoms with van der Waals surface area (Å²) in [5, 5.41) is 6.52. The first-order valence-corrected chi connectivity index (χ1v) is 11.7. The van der Waals surface area contributed by atoms with Gasteiger partial charge >= 0.3 is 0 Å². The SMILES string of the molecule is CN=C(NCCCOC(C)c1ccccc1)NCc1cccc(CS(=O)(=O)NC)c1. The van der Waals surface area contributed by atoms with Gasteiger partial charge in [0.1, 0.15) is 0 Å². The number of aliphatic imine (C=N–C) groups is 1. The molecule has 30 heavy (non-hydrogen) atoms. The Hall–Kier alpha value is -2.42. The standard InChI is InChI=1S/C22H32N4O3S/c1-18(21-11-5-4-6-12-21)29-14-8-13-25-22(23-2)26-16-19-9-7-10-20(15-19)17-30(27,28)24-3/h4-7,9-12,15,18,24H,8,13-14,16-17H2,1-3H3,(H2,23,25,26). The number of rotatable bonds is 11. The number of guanidine groups is 1. The van der Waals surface area contributed by atoms with Gasteiger partial charge in [0, 0.05) is 26.7 Å². The van der Waals surface area contributed by atoms with Gasteiger partial charge in [-0.3, -0.25) is 4.99 Å². The van der Waals surface area contributed by atoms with Crippen molar-refractivity contribution >= 4 is 16.0 Å². The Bertz CT molecular complexity index is 902. The maximum Gasteiger partial charge on any atom is 0.215 e. The average Bonchev–Trinajstić information content (AvgIpc) is 2.76. The van der Waals surface area contributed by atoms with Crippen molar-refractivity contribution in [2.24, 2.45) is 4.99 Å². The van der Waals surface area contributed by atoms with Crippen molar-refractivity contribution in [1.82, 2.24) is 15.4 Å². The van der Waals surface area contributed by atoms with Crippen LogP contribution in [0, 0.1) is 0 Å². The molecule has 0 saturated heterocycles. The fourth-order valence-electron chi connectivity index (χ4n) is 2.89. The van der Waals surface area contributed by atoms with E-state index < -0.39 is 10.0 Å². The average molecular weight is 433 g/mol. The van der Waals surface area contributed by atoms with Crippen LogP contribution in [0.25, 0.3) is 0 Å². The summed E-state index contributed by atoms with van der Waals surface area (Å²) < 4.78 is 31.7. The summed E-state index contributed by atoms with van der Waals surface area (Å²) in [4.78, 5) is 4.23. The molecule has 1 unspecified atom stereocenters. The lowest BCUT2D eigenvalue weighted by atomic mass is 10.1. The Morgan fingerprint density at radius 3 is 2.50 bits per heavy atom. The van der Waals surface area contributed by atoms with Gasteiger partial charge in [0.2, 0.25) is 10.0 Å². The van der Waals surface area contributed by atoms with Gasteiger partial charge in [0.15, 0.2) is 5.96 Å². The molecule has 164 valence electrons. The fraction of sp³-hybridized carbons (Fsp3) is 0.409. The highest BCUT2D eigenvalue weighted by atomic mass is 32.2. The number of ether oxygens (including phenoxy) is 1. The summed E-state index contributed by atoms with van der Waals surface area (Å²) in [6.45, 7) is 4.00. The normalized spacial score (nSPS) is 13.1. The van der Waals surface area contributed by atoms with Gasteiger partial charge in [-0.1, -0.05) is 54.6 Å². The largest absolute Gasteiger partial charge is 0.374 e. The summed E-state index contributed by atoms with van der Waals surface area (Å²) in [6.07, 6.45) is 0.928. The Kier molecular flexibility index (Phi) is 9.79. The maximum absolute atomic E-state index is 11.7. The van der Waals surface area contributed by atoms with E-state index in [9.17, 15) is 8.42 Å². The van der Waals surface area contributed by atoms with Gasteiger partial charge in [0.25, 0.3) is 0 Å². The molecule has 2 aromatic rings. The lowest BCUT2D eigenvalue weighted by molar-refractivity contribution is 0.0646. The smallest absolute Gasteiger partial charge is 0.215 e. The van der Waals surface area contributed by atoms with Crippen molar-refractivity contribution < 1.29 is 13.2 Å². The quantitative estimate of drug-likeness (QED) is 0.288. The van der Waals surface area contributed by atoms with Crippen LogP contribution in [0.5, 0.6) is 0 Å². The molecule has 0 aliphatic rings. The van der Waals surface area contributed by atoms with Crippen LogP contribution in [-0.2, 0) is 27.1 Å². The zero-order chi connectivity index (χ0) is 21.8. The lowest BCUT2D eigenvalue weighted by Crippen LogP contribution is -2.37. The van der Waals surface area contributed by atoms with E-state index in [0.29, 0.717) is 19.1 Å². The van der Waals surface area contributed by atoms with Gasteiger partial charge in [-0.15, -0.1) is 0 Å². The molecule has 1 atom stereocenters. The van der Waals surface area contributed by atoms with Crippen LogP contribution >= 0.6 is 0 Å². The topological polar surface area (TPSA) is 91.8 Å². The minimum absolute atomic E-state index is 0.0360. The molecular formula is C22H32N4O3S. The minimum Gasteiger partial charge on any atom is -0.374 e. The van der Waals surface area contributed by atoms with Crippen molar-refractivity contribution in [3.05, 3.63) is 71.3 Å². The molecule has 0 saturated carbocycles. The monoisotopic (exact) mass is 432 g/mol. The molecular weight excluding hydrogens is 400 g/mol. The predicted octanol–water partition coefficient (Wildman–Crippen LogP) is 2.57. The number of hydrogen-bond acceptors (Lipinski definition) is 4. The molecule has 0 radical (unpaired) electrons. The second-order valence-corrected chi connectivity index (χ2v) is 8.84. The maximum atomic E-state index is 11.7. The summed E-state index contributed by atoms with van der Waals surface area (Å²) >= 11 is 0. The molecule has 0 aliphatic carbocycles. The highest BCUT2D eigenvalue weighted by Crippen LogP contribution is 2.15. The summed E-state index contributed by atoms with van der Waals surface area (Å²) in [5.74, 6) is 0.658. The van der Waals surface area contributed by atoms with Gasteiger partial charge in [-0.05, 0) is 37.1 Å². The van der Waals surface area contributed by atoms with E-state index in [2.05, 4.69) is 39.4 Å². The van der Waals surface area contributed by atoms with Crippen LogP contribution < -0.4 is 15.4 Å². The Labute approximate surface area is 180 Å². The first kappa shape index (κ1) is 23.9. The molecule has 2 rings (SSSR count). The zero-order valence-electron chi connectivity index (χ0n) is 17.9. The fourth-order valence-corrected chi connectivity index (χ4v) is 3.65. The minimum atomic E-state index is -3.29. The summed E-state index contributed by atoms with van der Waals surface area (Å²) in [5.41, 5.74) is 2.91. The Morgan fingerprint density at radius 1 is 1.07 bits per heavy atom. The molecule has 8 heteroatoms. The van der Waals surface area contributed by atoms with Crippen molar-refractivity contribution in [3.8, 4) is 0 Å². The molecule has 0 aromatic heterocycles. The highest BCUT2D eigenvalue weighted by molar-refractivity contribution is 7.88. The number of nitrogens with one attached hydrogen (secondary N) is 3. The van der Waals surface area contributed by atoms with E-state index in [1.807, 2.05) is 42.5 Å². The Morgan fingerprint density at radius 2 is 1.80 bits per heavy atom. The molecule has 7 nitrogen and oxygen atoms in total. The first-order chi connectivity index (χ1) is 14.4. The molecule has 0 spiro atoms. The third-order valence-corrected chi connectivity index (χ3v) is 5.93. The number of nitrogens with zero attached hydrogens (tertiary/aromatic N) is 1. The molecule has 0 bridgehead atoms. The molecule has 2 aromatic carbocycles. The summed E-state index contributed by atoms with van der Waals surface area (Å²) in [6, 6.07) is 17.7. The van der Waals surface area contributed by atoms with Crippen LogP contribution in [0.4, 0.5) is 0 Å². The first-order valence-electron chi connectivity index (χ1n) is 10.0. The molecule has 0 fully saturated rings. The highest BCUT2D eigenvalue weighted by Gasteiger charge is 2.09. The van der Waals surface area contributed by atoms with Crippen molar-refractivity contribution in [3.63, 3.8) is 0 Å². The van der Waals surface area contributed by atoms with E-state index in [1.165, 1.54) is 12.6 Å². The van der Waals surface area contributed by atoms with Gasteiger partial charge in [0.05, 0.1) is 11.9 Å². The van der Waals surface area contributed by atoms with Gasteiger partial charge in [-0.25, -0.2) is 13.1 Å². The third-order valence-electron chi connectivity index (χ3n) is 4.59. The van der Waals surface area contributed by atoms with E-state index in [0.717, 1.165) is 24.1 Å². The zero-order valence-corrected chi connectivity index (χ0v) is 18.7. The third kappa shape index (κ3) is 8.52. The van der Waals surface area contributed by atoms with E-state index in [4.69, 9.17) is 4.74 Å². The second-order valence-electron chi connectivity index (χ2n) is 6.91. The number of benzene rings is 2. The van der Waals surface area contributed by atoms with Gasteiger partial charge < -0.3 is 15.4 Å². The Balaban J connectivity index is 1.71. The van der Waals surface area contributed by atoms with Crippen LogP contribution in [-0.4, -0.2) is 41.6 Å². The van der Waals surface area contributed by atoms with E-state index in [-0.39, 0.29) is 11.9 Å². The van der Waals surface area contributed by atoms with Gasteiger partial charge in [-0.2, -0.15) is 0 Å². The molecule has 3 N–H and O–H groups in total. The van der Waals surface area contributed by atoms with Crippen LogP contribution in [0.2, 0.25) is 0 Å². The number of hydrogen-bond donors (Lipinski definition) is 3. The van der Waals surface area contributed by atoms with Crippen LogP contribution in [0.3, 0.4) is 0 Å². The predicted molar refractivity (Wildman–Crippen MR) is 122 cm³/mol. The number of sulfonamides is 1. The van der Waals surface area contributed by atoms with E-state index in [1.54, 1.807) is 7.05 Å². The van der Waals surface area contributed by atoms with Crippen molar-refractivity contribution in [2.75, 3.05) is 27.2 Å². The molecule has 0 heterocycles. The molecule has 0 aliphatic heterocycles. The van der Waals surface area contributed by atoms with E-state index >= 15 is 0 Å². The lowest BCUT2D eigenvalue weighted by Gasteiger charge is -2.15. The summed E-state index contributed by atoms with van der Waals surface area (Å²) in [7, 11) is -0.143. The second kappa shape index (κ2) is 12.3. The van der Waals surface area contributed by atoms with Crippen molar-refractivity contribution in [2.45, 2.75) is 31.7 Å². The molecule has 0 amide bonds. The van der Waals surface area contributed by atoms with Crippen LogP contribution in [0.15, 0.2) is 59.6 Å². The van der Waals surface area contributed by atoms with Crippen LogP contribution in [0.1, 0.15) is 36.1 Å². The van der Waals surface area contributed by atoms with Crippen molar-refractivity contribution in [1.29, 1.82) is 0 Å².